The van der Waals surface area contributed by atoms with E-state index in [1.165, 1.54) is 38.8 Å². The molecule has 7 nitrogen and oxygen atoms in total. The van der Waals surface area contributed by atoms with Gasteiger partial charge < -0.3 is 21.3 Å². The molecule has 0 aromatic heterocycles. The minimum absolute atomic E-state index is 0. The molecule has 0 radical (unpaired) electrons. The molecule has 4 N–H and O–H groups in total. The Morgan fingerprint density at radius 1 is 1.10 bits per heavy atom. The summed E-state index contributed by atoms with van der Waals surface area (Å²) in [4.78, 5) is 20.9. The molecule has 2 fully saturated rings. The minimum atomic E-state index is -0.151. The van der Waals surface area contributed by atoms with Crippen molar-refractivity contribution in [2.75, 3.05) is 52.9 Å². The number of nitrogens with one attached hydrogen (secondary N) is 2. The predicted molar refractivity (Wildman–Crippen MR) is 136 cm³/mol. The predicted octanol–water partition coefficient (Wildman–Crippen LogP) is 2.26. The van der Waals surface area contributed by atoms with Gasteiger partial charge in [0.05, 0.1) is 5.92 Å². The van der Waals surface area contributed by atoms with Crippen molar-refractivity contribution in [3.8, 4) is 0 Å². The number of nitrogens with two attached hydrogens (primary N) is 1. The van der Waals surface area contributed by atoms with E-state index in [4.69, 9.17) is 5.73 Å². The quantitative estimate of drug-likeness (QED) is 0.182. The minimum Gasteiger partial charge on any atom is -0.369 e. The lowest BCUT2D eigenvalue weighted by Crippen LogP contribution is -2.50. The van der Waals surface area contributed by atoms with Crippen molar-refractivity contribution in [2.24, 2.45) is 22.6 Å². The molecule has 176 valence electrons. The van der Waals surface area contributed by atoms with E-state index in [1.807, 2.05) is 7.05 Å². The zero-order chi connectivity index (χ0) is 21.1. The van der Waals surface area contributed by atoms with Crippen molar-refractivity contribution in [2.45, 2.75) is 64.8 Å². The highest BCUT2D eigenvalue weighted by atomic mass is 127. The Labute approximate surface area is 201 Å². The summed E-state index contributed by atoms with van der Waals surface area (Å²) in [5.41, 5.74) is 5.48. The molecule has 2 heterocycles. The number of amides is 1. The molecule has 1 amide bonds. The van der Waals surface area contributed by atoms with Crippen LogP contribution in [0.25, 0.3) is 0 Å². The first kappa shape index (κ1) is 27.4. The van der Waals surface area contributed by atoms with Crippen LogP contribution in [-0.4, -0.2) is 80.6 Å². The van der Waals surface area contributed by atoms with E-state index in [2.05, 4.69) is 39.3 Å². The van der Waals surface area contributed by atoms with E-state index < -0.39 is 0 Å². The average Bonchev–Trinajstić information content (AvgIpc) is 2.99. The topological polar surface area (TPSA) is 86.0 Å². The number of nitrogens with zero attached hydrogens (tertiary/aromatic N) is 3. The Balaban J connectivity index is 0.00000450. The monoisotopic (exact) mass is 536 g/mol. The summed E-state index contributed by atoms with van der Waals surface area (Å²) in [6.45, 7) is 11.8. The Kier molecular flexibility index (Phi) is 13.9. The van der Waals surface area contributed by atoms with Crippen LogP contribution >= 0.6 is 24.0 Å². The summed E-state index contributed by atoms with van der Waals surface area (Å²) in [5.74, 6) is 1.38. The highest BCUT2D eigenvalue weighted by molar-refractivity contribution is 14.0. The average molecular weight is 537 g/mol. The molecular weight excluding hydrogens is 491 g/mol. The Hall–Kier alpha value is -0.610. The number of aliphatic imine (C=N–C) groups is 1. The van der Waals surface area contributed by atoms with Crippen molar-refractivity contribution in [1.82, 2.24) is 20.4 Å². The van der Waals surface area contributed by atoms with Gasteiger partial charge in [0.25, 0.3) is 0 Å². The van der Waals surface area contributed by atoms with Crippen LogP contribution in [0.5, 0.6) is 0 Å². The maximum Gasteiger partial charge on any atom is 0.221 e. The second-order valence-corrected chi connectivity index (χ2v) is 9.04. The third kappa shape index (κ3) is 9.68. The van der Waals surface area contributed by atoms with Crippen LogP contribution in [0.2, 0.25) is 0 Å². The molecule has 2 unspecified atom stereocenters. The van der Waals surface area contributed by atoms with E-state index in [0.717, 1.165) is 57.9 Å². The van der Waals surface area contributed by atoms with Crippen LogP contribution in [0.15, 0.2) is 4.99 Å². The first-order valence-electron chi connectivity index (χ1n) is 11.7. The number of hydrogen-bond acceptors (Lipinski definition) is 4. The van der Waals surface area contributed by atoms with Crippen LogP contribution in [0, 0.1) is 11.8 Å². The van der Waals surface area contributed by atoms with E-state index >= 15 is 0 Å². The fraction of sp³-hybridized carbons (Fsp3) is 0.909. The molecule has 2 rings (SSSR count). The SMILES string of the molecule is CN=C(NCCCN1CCCC(C(N)=O)C1)NCC(C(C)C)N1CCCCCC1.I. The molecule has 0 aromatic carbocycles. The fourth-order valence-electron chi connectivity index (χ4n) is 4.64. The lowest BCUT2D eigenvalue weighted by Gasteiger charge is -2.34. The molecule has 30 heavy (non-hydrogen) atoms. The third-order valence-electron chi connectivity index (χ3n) is 6.43. The van der Waals surface area contributed by atoms with Gasteiger partial charge in [0.2, 0.25) is 5.91 Å². The van der Waals surface area contributed by atoms with Gasteiger partial charge in [-0.25, -0.2) is 0 Å². The van der Waals surface area contributed by atoms with E-state index in [1.54, 1.807) is 0 Å². The third-order valence-corrected chi connectivity index (χ3v) is 6.43. The highest BCUT2D eigenvalue weighted by Gasteiger charge is 2.24. The van der Waals surface area contributed by atoms with Gasteiger partial charge in [-0.2, -0.15) is 0 Å². The van der Waals surface area contributed by atoms with Gasteiger partial charge in [0, 0.05) is 32.7 Å². The molecule has 0 spiro atoms. The van der Waals surface area contributed by atoms with Crippen molar-refractivity contribution in [3.63, 3.8) is 0 Å². The summed E-state index contributed by atoms with van der Waals surface area (Å²) in [6.07, 6.45) is 8.43. The Morgan fingerprint density at radius 3 is 2.40 bits per heavy atom. The first-order chi connectivity index (χ1) is 14.0. The summed E-state index contributed by atoms with van der Waals surface area (Å²) in [5, 5.41) is 7.01. The number of guanidine groups is 1. The Bertz CT molecular complexity index is 508. The summed E-state index contributed by atoms with van der Waals surface area (Å²) < 4.78 is 0. The molecule has 2 saturated heterocycles. The van der Waals surface area contributed by atoms with Crippen LogP contribution in [0.3, 0.4) is 0 Å². The normalized spacial score (nSPS) is 22.8. The van der Waals surface area contributed by atoms with Crippen LogP contribution in [-0.2, 0) is 4.79 Å². The number of carbonyl (C=O) groups excluding carboxylic acids is 1. The number of carbonyl (C=O) groups is 1. The first-order valence-corrected chi connectivity index (χ1v) is 11.7. The standard InChI is InChI=1S/C22H44N6O.HI/c1-18(2)20(28-14-6-4-5-7-15-28)16-26-22(24-3)25-11-9-13-27-12-8-10-19(17-27)21(23)29;/h18-20H,4-17H2,1-3H3,(H2,23,29)(H2,24,25,26);1H. The van der Waals surface area contributed by atoms with E-state index in [9.17, 15) is 4.79 Å². The lowest BCUT2D eigenvalue weighted by molar-refractivity contribution is -0.123. The molecule has 0 saturated carbocycles. The van der Waals surface area contributed by atoms with E-state index in [-0.39, 0.29) is 35.8 Å². The van der Waals surface area contributed by atoms with Crippen molar-refractivity contribution in [1.29, 1.82) is 0 Å². The van der Waals surface area contributed by atoms with Gasteiger partial charge in [-0.15, -0.1) is 24.0 Å². The van der Waals surface area contributed by atoms with Gasteiger partial charge in [0.15, 0.2) is 5.96 Å². The maximum atomic E-state index is 11.4. The van der Waals surface area contributed by atoms with Gasteiger partial charge in [-0.05, 0) is 64.2 Å². The van der Waals surface area contributed by atoms with Crippen LogP contribution in [0.1, 0.15) is 58.8 Å². The van der Waals surface area contributed by atoms with E-state index in [0.29, 0.717) is 12.0 Å². The number of halogens is 1. The van der Waals surface area contributed by atoms with Gasteiger partial charge in [0.1, 0.15) is 0 Å². The highest BCUT2D eigenvalue weighted by Crippen LogP contribution is 2.17. The number of likely N-dealkylation sites (tertiary alicyclic amines) is 2. The summed E-state index contributed by atoms with van der Waals surface area (Å²) in [6, 6.07) is 0.547. The lowest BCUT2D eigenvalue weighted by atomic mass is 9.97. The second-order valence-electron chi connectivity index (χ2n) is 9.04. The summed E-state index contributed by atoms with van der Waals surface area (Å²) in [7, 11) is 1.84. The molecule has 2 atom stereocenters. The molecule has 0 aliphatic carbocycles. The molecule has 0 bridgehead atoms. The van der Waals surface area contributed by atoms with Crippen LogP contribution < -0.4 is 16.4 Å². The maximum absolute atomic E-state index is 11.4. The fourth-order valence-corrected chi connectivity index (χ4v) is 4.64. The summed E-state index contributed by atoms with van der Waals surface area (Å²) >= 11 is 0. The van der Waals surface area contributed by atoms with Crippen LogP contribution in [0.4, 0.5) is 0 Å². The Morgan fingerprint density at radius 2 is 1.80 bits per heavy atom. The zero-order valence-electron chi connectivity index (χ0n) is 19.4. The molecular formula is C22H45IN6O. The number of rotatable bonds is 9. The van der Waals surface area contributed by atoms with Gasteiger partial charge >= 0.3 is 0 Å². The zero-order valence-corrected chi connectivity index (χ0v) is 21.7. The second kappa shape index (κ2) is 15.2. The number of primary amides is 1. The molecule has 2 aliphatic rings. The van der Waals surface area contributed by atoms with Gasteiger partial charge in [-0.1, -0.05) is 26.7 Å². The molecule has 2 aliphatic heterocycles. The smallest absolute Gasteiger partial charge is 0.221 e. The van der Waals surface area contributed by atoms with Crippen molar-refractivity contribution < 1.29 is 4.79 Å². The van der Waals surface area contributed by atoms with Crippen molar-refractivity contribution >= 4 is 35.8 Å². The van der Waals surface area contributed by atoms with Gasteiger partial charge in [-0.3, -0.25) is 14.7 Å². The van der Waals surface area contributed by atoms with Crippen molar-refractivity contribution in [3.05, 3.63) is 0 Å². The largest absolute Gasteiger partial charge is 0.369 e. The number of piperidine rings is 1. The number of hydrogen-bond donors (Lipinski definition) is 3. The molecule has 8 heteroatoms. The molecule has 0 aromatic rings.